The van der Waals surface area contributed by atoms with E-state index in [4.69, 9.17) is 9.47 Å². The SMILES string of the molecule is COc1cc(NC2CC(C)(C)OC2(C)C)ccc1F. The number of nitrogens with one attached hydrogen (secondary N) is 1. The largest absolute Gasteiger partial charge is 0.494 e. The van der Waals surface area contributed by atoms with Gasteiger partial charge in [-0.25, -0.2) is 4.39 Å². The van der Waals surface area contributed by atoms with Gasteiger partial charge in [-0.15, -0.1) is 0 Å². The van der Waals surface area contributed by atoms with Gasteiger partial charge in [-0.3, -0.25) is 0 Å². The first-order valence-corrected chi connectivity index (χ1v) is 6.54. The molecule has 4 heteroatoms. The number of rotatable bonds is 3. The highest BCUT2D eigenvalue weighted by Crippen LogP contribution is 2.39. The van der Waals surface area contributed by atoms with E-state index in [0.29, 0.717) is 0 Å². The van der Waals surface area contributed by atoms with E-state index < -0.39 is 0 Å². The van der Waals surface area contributed by atoms with Gasteiger partial charge in [-0.1, -0.05) is 0 Å². The Kier molecular flexibility index (Phi) is 3.47. The van der Waals surface area contributed by atoms with E-state index in [1.165, 1.54) is 13.2 Å². The van der Waals surface area contributed by atoms with Crippen LogP contribution in [0, 0.1) is 5.82 Å². The van der Waals surface area contributed by atoms with Crippen molar-refractivity contribution in [3.8, 4) is 5.75 Å². The Hall–Kier alpha value is -1.29. The fourth-order valence-electron chi connectivity index (χ4n) is 2.74. The Labute approximate surface area is 114 Å². The molecular formula is C15H22FNO2. The Morgan fingerprint density at radius 2 is 2.00 bits per heavy atom. The van der Waals surface area contributed by atoms with Gasteiger partial charge in [0, 0.05) is 11.8 Å². The normalized spacial score (nSPS) is 24.2. The zero-order chi connectivity index (χ0) is 14.3. The maximum Gasteiger partial charge on any atom is 0.165 e. The van der Waals surface area contributed by atoms with Crippen molar-refractivity contribution in [2.24, 2.45) is 0 Å². The molecule has 1 aliphatic heterocycles. The predicted molar refractivity (Wildman–Crippen MR) is 74.2 cm³/mol. The second-order valence-electron chi connectivity index (χ2n) is 6.22. The average Bonchev–Trinajstić information content (AvgIpc) is 2.49. The molecular weight excluding hydrogens is 245 g/mol. The number of hydrogen-bond acceptors (Lipinski definition) is 3. The molecule has 0 spiro atoms. The van der Waals surface area contributed by atoms with Crippen molar-refractivity contribution in [2.75, 3.05) is 12.4 Å². The quantitative estimate of drug-likeness (QED) is 0.907. The molecule has 0 amide bonds. The van der Waals surface area contributed by atoms with Crippen LogP contribution in [0.15, 0.2) is 18.2 Å². The molecule has 1 atom stereocenters. The van der Waals surface area contributed by atoms with Crippen LogP contribution < -0.4 is 10.1 Å². The molecule has 0 radical (unpaired) electrons. The monoisotopic (exact) mass is 267 g/mol. The minimum atomic E-state index is -0.352. The van der Waals surface area contributed by atoms with Crippen molar-refractivity contribution in [1.29, 1.82) is 0 Å². The highest BCUT2D eigenvalue weighted by Gasteiger charge is 2.45. The first kappa shape index (κ1) is 14.1. The van der Waals surface area contributed by atoms with Crippen LogP contribution in [0.1, 0.15) is 34.1 Å². The van der Waals surface area contributed by atoms with Crippen molar-refractivity contribution in [3.63, 3.8) is 0 Å². The van der Waals surface area contributed by atoms with Gasteiger partial charge in [0.15, 0.2) is 11.6 Å². The molecule has 3 nitrogen and oxygen atoms in total. The van der Waals surface area contributed by atoms with Crippen molar-refractivity contribution >= 4 is 5.69 Å². The Morgan fingerprint density at radius 3 is 2.53 bits per heavy atom. The maximum atomic E-state index is 13.4. The summed E-state index contributed by atoms with van der Waals surface area (Å²) >= 11 is 0. The number of benzene rings is 1. The van der Waals surface area contributed by atoms with Crippen LogP contribution in [0.3, 0.4) is 0 Å². The molecule has 1 saturated heterocycles. The predicted octanol–water partition coefficient (Wildman–Crippen LogP) is 3.59. The van der Waals surface area contributed by atoms with Crippen LogP contribution >= 0.6 is 0 Å². The molecule has 1 unspecified atom stereocenters. The molecule has 0 aliphatic carbocycles. The van der Waals surface area contributed by atoms with E-state index in [1.54, 1.807) is 12.1 Å². The van der Waals surface area contributed by atoms with E-state index in [2.05, 4.69) is 33.0 Å². The van der Waals surface area contributed by atoms with Crippen LogP contribution in [0.25, 0.3) is 0 Å². The number of anilines is 1. The summed E-state index contributed by atoms with van der Waals surface area (Å²) < 4.78 is 24.4. The van der Waals surface area contributed by atoms with Crippen molar-refractivity contribution in [3.05, 3.63) is 24.0 Å². The summed E-state index contributed by atoms with van der Waals surface area (Å²) in [6, 6.07) is 4.99. The Morgan fingerprint density at radius 1 is 1.32 bits per heavy atom. The molecule has 1 aliphatic rings. The topological polar surface area (TPSA) is 30.5 Å². The summed E-state index contributed by atoms with van der Waals surface area (Å²) in [6.07, 6.45) is 0.902. The van der Waals surface area contributed by atoms with Gasteiger partial charge in [-0.05, 0) is 46.2 Å². The third kappa shape index (κ3) is 3.00. The molecule has 106 valence electrons. The lowest BCUT2D eigenvalue weighted by atomic mass is 9.94. The van der Waals surface area contributed by atoms with E-state index in [9.17, 15) is 4.39 Å². The minimum absolute atomic E-state index is 0.148. The van der Waals surface area contributed by atoms with Crippen molar-refractivity contribution < 1.29 is 13.9 Å². The number of methoxy groups -OCH3 is 1. The molecule has 1 heterocycles. The van der Waals surface area contributed by atoms with Gasteiger partial charge in [0.05, 0.1) is 24.4 Å². The molecule has 1 fully saturated rings. The lowest BCUT2D eigenvalue weighted by Gasteiger charge is -2.28. The molecule has 2 rings (SSSR count). The molecule has 0 aromatic heterocycles. The summed E-state index contributed by atoms with van der Waals surface area (Å²) in [5.41, 5.74) is 0.439. The fraction of sp³-hybridized carbons (Fsp3) is 0.600. The highest BCUT2D eigenvalue weighted by molar-refractivity contribution is 5.50. The van der Waals surface area contributed by atoms with Gasteiger partial charge < -0.3 is 14.8 Å². The molecule has 1 aromatic rings. The Bertz CT molecular complexity index is 471. The van der Waals surface area contributed by atoms with Crippen LogP contribution in [0.4, 0.5) is 10.1 Å². The molecule has 1 aromatic carbocycles. The first-order chi connectivity index (χ1) is 8.73. The lowest BCUT2D eigenvalue weighted by molar-refractivity contribution is -0.0662. The second-order valence-corrected chi connectivity index (χ2v) is 6.22. The molecule has 19 heavy (non-hydrogen) atoms. The summed E-state index contributed by atoms with van der Waals surface area (Å²) in [7, 11) is 1.47. The van der Waals surface area contributed by atoms with Gasteiger partial charge >= 0.3 is 0 Å². The summed E-state index contributed by atoms with van der Waals surface area (Å²) in [4.78, 5) is 0. The number of hydrogen-bond donors (Lipinski definition) is 1. The van der Waals surface area contributed by atoms with Crippen molar-refractivity contribution in [1.82, 2.24) is 0 Å². The molecule has 0 bridgehead atoms. The summed E-state index contributed by atoms with van der Waals surface area (Å²) in [6.45, 7) is 8.31. The average molecular weight is 267 g/mol. The third-order valence-electron chi connectivity index (χ3n) is 3.57. The maximum absolute atomic E-state index is 13.4. The van der Waals surface area contributed by atoms with Crippen LogP contribution in [0.2, 0.25) is 0 Å². The summed E-state index contributed by atoms with van der Waals surface area (Å²) in [5.74, 6) is -0.101. The number of ether oxygens (including phenoxy) is 2. The van der Waals surface area contributed by atoms with Gasteiger partial charge in [-0.2, -0.15) is 0 Å². The standard InChI is InChI=1S/C15H22FNO2/c1-14(2)9-13(15(3,4)19-14)17-10-6-7-11(16)12(8-10)18-5/h6-8,13,17H,9H2,1-5H3. The highest BCUT2D eigenvalue weighted by atomic mass is 19.1. The zero-order valence-corrected chi connectivity index (χ0v) is 12.2. The van der Waals surface area contributed by atoms with Crippen LogP contribution in [0.5, 0.6) is 5.75 Å². The van der Waals surface area contributed by atoms with Crippen LogP contribution in [-0.2, 0) is 4.74 Å². The van der Waals surface area contributed by atoms with Gasteiger partial charge in [0.25, 0.3) is 0 Å². The molecule has 1 N–H and O–H groups in total. The van der Waals surface area contributed by atoms with Gasteiger partial charge in [0.2, 0.25) is 0 Å². The first-order valence-electron chi connectivity index (χ1n) is 6.54. The third-order valence-corrected chi connectivity index (χ3v) is 3.57. The number of halogens is 1. The molecule has 0 saturated carbocycles. The summed E-state index contributed by atoms with van der Waals surface area (Å²) in [5, 5.41) is 3.42. The smallest absolute Gasteiger partial charge is 0.165 e. The zero-order valence-electron chi connectivity index (χ0n) is 12.2. The van der Waals surface area contributed by atoms with Gasteiger partial charge in [0.1, 0.15) is 0 Å². The van der Waals surface area contributed by atoms with E-state index >= 15 is 0 Å². The van der Waals surface area contributed by atoms with Crippen LogP contribution in [-0.4, -0.2) is 24.4 Å². The second kappa shape index (κ2) is 4.67. The lowest BCUT2D eigenvalue weighted by Crippen LogP contribution is -2.38. The Balaban J connectivity index is 2.17. The minimum Gasteiger partial charge on any atom is -0.494 e. The van der Waals surface area contributed by atoms with E-state index in [1.807, 2.05) is 0 Å². The fourth-order valence-corrected chi connectivity index (χ4v) is 2.74. The van der Waals surface area contributed by atoms with Crippen molar-refractivity contribution in [2.45, 2.75) is 51.4 Å². The van der Waals surface area contributed by atoms with E-state index in [-0.39, 0.29) is 28.8 Å². The van der Waals surface area contributed by atoms with E-state index in [0.717, 1.165) is 12.1 Å².